The Morgan fingerprint density at radius 1 is 1.40 bits per heavy atom. The van der Waals surface area contributed by atoms with E-state index in [0.717, 1.165) is 0 Å². The second-order valence-electron chi connectivity index (χ2n) is 5.25. The van der Waals surface area contributed by atoms with Crippen molar-refractivity contribution >= 4 is 17.7 Å². The number of likely N-dealkylation sites (N-methyl/N-ethyl adjacent to an activating group) is 1. The lowest BCUT2D eigenvalue weighted by Gasteiger charge is -2.36. The summed E-state index contributed by atoms with van der Waals surface area (Å²) in [6.45, 7) is 8.92. The molecule has 1 aromatic rings. The highest BCUT2D eigenvalue weighted by molar-refractivity contribution is 6.00. The number of hydrogen-bond donors (Lipinski definition) is 2. The van der Waals surface area contributed by atoms with E-state index in [2.05, 4.69) is 4.98 Å². The van der Waals surface area contributed by atoms with Crippen LogP contribution in [-0.2, 0) is 4.79 Å². The minimum absolute atomic E-state index is 0.270. The molecule has 0 aliphatic carbocycles. The van der Waals surface area contributed by atoms with Gasteiger partial charge in [-0.05, 0) is 46.2 Å². The summed E-state index contributed by atoms with van der Waals surface area (Å²) in [5.74, 6) is -1.27. The smallest absolute Gasteiger partial charge is 0.328 e. The lowest BCUT2D eigenvalue weighted by atomic mass is 10.0. The summed E-state index contributed by atoms with van der Waals surface area (Å²) in [4.78, 5) is 29.1. The zero-order valence-corrected chi connectivity index (χ0v) is 12.5. The molecule has 3 N–H and O–H groups in total. The molecule has 0 unspecified atom stereocenters. The van der Waals surface area contributed by atoms with E-state index in [-0.39, 0.29) is 5.56 Å². The number of carboxylic acids is 1. The Morgan fingerprint density at radius 3 is 2.35 bits per heavy atom. The number of primary amides is 1. The second kappa shape index (κ2) is 5.48. The molecule has 0 bridgehead atoms. The van der Waals surface area contributed by atoms with E-state index in [1.807, 2.05) is 6.92 Å². The number of carbonyl (C=O) groups excluding carboxylic acids is 1. The van der Waals surface area contributed by atoms with Crippen LogP contribution in [0.2, 0.25) is 0 Å². The van der Waals surface area contributed by atoms with Crippen LogP contribution in [0.25, 0.3) is 0 Å². The number of nitrogens with zero attached hydrogens (tertiary/aromatic N) is 2. The monoisotopic (exact) mass is 279 g/mol. The first-order valence-corrected chi connectivity index (χ1v) is 6.42. The lowest BCUT2D eigenvalue weighted by Crippen LogP contribution is -2.51. The topological polar surface area (TPSA) is 96.5 Å². The van der Waals surface area contributed by atoms with E-state index < -0.39 is 17.4 Å². The Kier molecular flexibility index (Phi) is 4.37. The minimum atomic E-state index is -1.19. The van der Waals surface area contributed by atoms with Crippen LogP contribution in [0.5, 0.6) is 0 Å². The van der Waals surface area contributed by atoms with Crippen molar-refractivity contribution < 1.29 is 14.7 Å². The number of aryl methyl sites for hydroxylation is 2. The lowest BCUT2D eigenvalue weighted by molar-refractivity contribution is -0.142. The molecule has 0 radical (unpaired) electrons. The molecule has 0 saturated carbocycles. The highest BCUT2D eigenvalue weighted by Gasteiger charge is 2.36. The van der Waals surface area contributed by atoms with Gasteiger partial charge in [0.15, 0.2) is 0 Å². The molecule has 6 heteroatoms. The van der Waals surface area contributed by atoms with Crippen LogP contribution in [-0.4, -0.2) is 34.1 Å². The van der Waals surface area contributed by atoms with Crippen molar-refractivity contribution in [2.24, 2.45) is 5.73 Å². The van der Waals surface area contributed by atoms with Gasteiger partial charge in [0.05, 0.1) is 5.56 Å². The molecule has 1 rings (SSSR count). The van der Waals surface area contributed by atoms with Gasteiger partial charge in [-0.15, -0.1) is 0 Å². The molecule has 0 aliphatic rings. The molecule has 6 nitrogen and oxygen atoms in total. The molecule has 1 heterocycles. The summed E-state index contributed by atoms with van der Waals surface area (Å²) in [5.41, 5.74) is 5.91. The Hall–Kier alpha value is -2.11. The maximum absolute atomic E-state index is 11.7. The predicted octanol–water partition coefficient (Wildman–Crippen LogP) is 1.49. The van der Waals surface area contributed by atoms with Gasteiger partial charge < -0.3 is 15.7 Å². The SMILES string of the molecule is CCN(c1nc(C)cc(C)c1C(N)=O)C(C)(C)C(=O)O. The fourth-order valence-electron chi connectivity index (χ4n) is 2.24. The second-order valence-corrected chi connectivity index (χ2v) is 5.25. The van der Waals surface area contributed by atoms with Crippen LogP contribution >= 0.6 is 0 Å². The Balaban J connectivity index is 3.58. The quantitative estimate of drug-likeness (QED) is 0.851. The predicted molar refractivity (Wildman–Crippen MR) is 77.0 cm³/mol. The summed E-state index contributed by atoms with van der Waals surface area (Å²) in [7, 11) is 0. The van der Waals surface area contributed by atoms with Crippen molar-refractivity contribution in [2.45, 2.75) is 40.2 Å². The van der Waals surface area contributed by atoms with Gasteiger partial charge in [0.1, 0.15) is 11.4 Å². The van der Waals surface area contributed by atoms with E-state index in [9.17, 15) is 14.7 Å². The molecule has 1 amide bonds. The summed E-state index contributed by atoms with van der Waals surface area (Å²) >= 11 is 0. The third-order valence-corrected chi connectivity index (χ3v) is 3.34. The molecule has 0 aliphatic heterocycles. The van der Waals surface area contributed by atoms with Crippen LogP contribution < -0.4 is 10.6 Å². The van der Waals surface area contributed by atoms with Crippen LogP contribution in [0.1, 0.15) is 42.4 Å². The van der Waals surface area contributed by atoms with Crippen LogP contribution in [0.15, 0.2) is 6.07 Å². The maximum Gasteiger partial charge on any atom is 0.328 e. The summed E-state index contributed by atoms with van der Waals surface area (Å²) in [6.07, 6.45) is 0. The summed E-state index contributed by atoms with van der Waals surface area (Å²) in [6, 6.07) is 1.76. The molecule has 0 spiro atoms. The molecular weight excluding hydrogens is 258 g/mol. The average Bonchev–Trinajstić information content (AvgIpc) is 2.27. The van der Waals surface area contributed by atoms with Crippen molar-refractivity contribution in [2.75, 3.05) is 11.4 Å². The standard InChI is InChI=1S/C14H21N3O3/c1-6-17(14(4,5)13(19)20)12-10(11(15)18)8(2)7-9(3)16-12/h7H,6H2,1-5H3,(H2,15,18)(H,19,20). The fraction of sp³-hybridized carbons (Fsp3) is 0.500. The zero-order chi connectivity index (χ0) is 15.7. The largest absolute Gasteiger partial charge is 0.480 e. The van der Waals surface area contributed by atoms with E-state index in [1.165, 1.54) is 0 Å². The zero-order valence-electron chi connectivity index (χ0n) is 12.5. The third kappa shape index (κ3) is 2.74. The number of hydrogen-bond acceptors (Lipinski definition) is 4. The Labute approximate surface area is 118 Å². The van der Waals surface area contributed by atoms with Crippen molar-refractivity contribution in [3.63, 3.8) is 0 Å². The van der Waals surface area contributed by atoms with Crippen LogP contribution in [0.4, 0.5) is 5.82 Å². The number of rotatable bonds is 5. The van der Waals surface area contributed by atoms with Crippen molar-refractivity contribution in [1.82, 2.24) is 4.98 Å². The van der Waals surface area contributed by atoms with E-state index in [4.69, 9.17) is 5.73 Å². The minimum Gasteiger partial charge on any atom is -0.480 e. The first kappa shape index (κ1) is 15.9. The summed E-state index contributed by atoms with van der Waals surface area (Å²) < 4.78 is 0. The van der Waals surface area contributed by atoms with Gasteiger partial charge in [0, 0.05) is 12.2 Å². The molecule has 0 aromatic carbocycles. The number of anilines is 1. The average molecular weight is 279 g/mol. The number of carbonyl (C=O) groups is 2. The van der Waals surface area contributed by atoms with Gasteiger partial charge >= 0.3 is 5.97 Å². The van der Waals surface area contributed by atoms with E-state index >= 15 is 0 Å². The van der Waals surface area contributed by atoms with Gasteiger partial charge in [-0.2, -0.15) is 0 Å². The van der Waals surface area contributed by atoms with Crippen molar-refractivity contribution in [3.8, 4) is 0 Å². The number of pyridine rings is 1. The Morgan fingerprint density at radius 2 is 1.95 bits per heavy atom. The van der Waals surface area contributed by atoms with Crippen molar-refractivity contribution in [1.29, 1.82) is 0 Å². The first-order chi connectivity index (χ1) is 9.12. The first-order valence-electron chi connectivity index (χ1n) is 6.42. The molecule has 20 heavy (non-hydrogen) atoms. The highest BCUT2D eigenvalue weighted by atomic mass is 16.4. The van der Waals surface area contributed by atoms with Gasteiger partial charge in [0.2, 0.25) is 0 Å². The Bertz CT molecular complexity index is 553. The number of aliphatic carboxylic acids is 1. The summed E-state index contributed by atoms with van der Waals surface area (Å²) in [5, 5.41) is 9.39. The number of aromatic nitrogens is 1. The van der Waals surface area contributed by atoms with Crippen LogP contribution in [0, 0.1) is 13.8 Å². The van der Waals surface area contributed by atoms with Gasteiger partial charge in [-0.3, -0.25) is 4.79 Å². The van der Waals surface area contributed by atoms with Crippen LogP contribution in [0.3, 0.4) is 0 Å². The number of amides is 1. The maximum atomic E-state index is 11.7. The van der Waals surface area contributed by atoms with Gasteiger partial charge in [-0.1, -0.05) is 0 Å². The molecule has 0 fully saturated rings. The van der Waals surface area contributed by atoms with Crippen molar-refractivity contribution in [3.05, 3.63) is 22.9 Å². The molecule has 0 atom stereocenters. The fourth-order valence-corrected chi connectivity index (χ4v) is 2.24. The molecule has 110 valence electrons. The molecule has 0 saturated heterocycles. The number of nitrogens with two attached hydrogens (primary N) is 1. The normalized spacial score (nSPS) is 11.2. The van der Waals surface area contributed by atoms with Gasteiger partial charge in [0.25, 0.3) is 5.91 Å². The molecule has 1 aromatic heterocycles. The van der Waals surface area contributed by atoms with E-state index in [1.54, 1.807) is 38.7 Å². The van der Waals surface area contributed by atoms with Gasteiger partial charge in [-0.25, -0.2) is 9.78 Å². The number of carboxylic acid groups (broad SMARTS) is 1. The molecular formula is C14H21N3O3. The third-order valence-electron chi connectivity index (χ3n) is 3.34. The van der Waals surface area contributed by atoms with E-state index in [0.29, 0.717) is 23.6 Å². The highest BCUT2D eigenvalue weighted by Crippen LogP contribution is 2.28.